The predicted molar refractivity (Wildman–Crippen MR) is 41.1 cm³/mol. The monoisotopic (exact) mass is 153 g/mol. The van der Waals surface area contributed by atoms with Crippen LogP contribution in [0.4, 0.5) is 4.39 Å². The van der Waals surface area contributed by atoms with E-state index >= 15 is 0 Å². The van der Waals surface area contributed by atoms with Crippen molar-refractivity contribution < 1.29 is 9.13 Å². The average molecular weight is 153 g/mol. The molecule has 0 atom stereocenters. The third kappa shape index (κ3) is 2.37. The molecule has 0 unspecified atom stereocenters. The molecule has 0 heterocycles. The average Bonchev–Trinajstić information content (AvgIpc) is 1.85. The summed E-state index contributed by atoms with van der Waals surface area (Å²) in [6.45, 7) is 0. The van der Waals surface area contributed by atoms with E-state index in [-0.39, 0.29) is 5.82 Å². The molecule has 0 radical (unpaired) electrons. The Hall–Kier alpha value is -1.38. The summed E-state index contributed by atoms with van der Waals surface area (Å²) >= 11 is 0. The van der Waals surface area contributed by atoms with Crippen molar-refractivity contribution in [2.75, 3.05) is 7.05 Å². The Morgan fingerprint density at radius 1 is 1.55 bits per heavy atom. The molecule has 0 saturated heterocycles. The highest BCUT2D eigenvalue weighted by Crippen LogP contribution is 1.99. The third-order valence-corrected chi connectivity index (χ3v) is 1.18. The third-order valence-electron chi connectivity index (χ3n) is 1.18. The van der Waals surface area contributed by atoms with Crippen molar-refractivity contribution in [1.82, 2.24) is 0 Å². The molecule has 0 aromatic heterocycles. The lowest BCUT2D eigenvalue weighted by atomic mass is 10.2. The maximum absolute atomic E-state index is 12.5. The second-order valence-electron chi connectivity index (χ2n) is 2.23. The maximum Gasteiger partial charge on any atom is 0.181 e. The molecule has 1 aromatic rings. The van der Waals surface area contributed by atoms with Gasteiger partial charge in [0.1, 0.15) is 12.9 Å². The minimum atomic E-state index is -0.333. The summed E-state index contributed by atoms with van der Waals surface area (Å²) in [4.78, 5) is 0. The van der Waals surface area contributed by atoms with E-state index in [1.807, 2.05) is 0 Å². The van der Waals surface area contributed by atoms with Crippen molar-refractivity contribution in [3.63, 3.8) is 0 Å². The molecule has 0 saturated carbocycles. The molecule has 58 valence electrons. The molecule has 0 aliphatic heterocycles. The SMILES string of the molecule is C/[N+]([O-])=C/c1cccc(F)c1. The van der Waals surface area contributed by atoms with Gasteiger partial charge in [0.15, 0.2) is 6.21 Å². The Balaban J connectivity index is 2.97. The van der Waals surface area contributed by atoms with E-state index in [4.69, 9.17) is 0 Å². The second-order valence-corrected chi connectivity index (χ2v) is 2.23. The van der Waals surface area contributed by atoms with Crippen molar-refractivity contribution in [3.8, 4) is 0 Å². The fraction of sp³-hybridized carbons (Fsp3) is 0.125. The first kappa shape index (κ1) is 7.72. The molecule has 2 nitrogen and oxygen atoms in total. The molecule has 0 aliphatic carbocycles. The van der Waals surface area contributed by atoms with Crippen molar-refractivity contribution >= 4 is 6.21 Å². The first-order valence-corrected chi connectivity index (χ1v) is 3.19. The van der Waals surface area contributed by atoms with Gasteiger partial charge in [-0.25, -0.2) is 9.13 Å². The van der Waals surface area contributed by atoms with Gasteiger partial charge in [0, 0.05) is 5.56 Å². The summed E-state index contributed by atoms with van der Waals surface area (Å²) in [6.07, 6.45) is 1.31. The molecule has 0 spiro atoms. The summed E-state index contributed by atoms with van der Waals surface area (Å²) < 4.78 is 13.1. The molecule has 0 bridgehead atoms. The Labute approximate surface area is 64.2 Å². The molecule has 3 heteroatoms. The predicted octanol–water partition coefficient (Wildman–Crippen LogP) is 1.38. The summed E-state index contributed by atoms with van der Waals surface area (Å²) in [5, 5.41) is 10.5. The van der Waals surface area contributed by atoms with Crippen LogP contribution in [0.5, 0.6) is 0 Å². The maximum atomic E-state index is 12.5. The largest absolute Gasteiger partial charge is 0.624 e. The fourth-order valence-electron chi connectivity index (χ4n) is 0.797. The van der Waals surface area contributed by atoms with Crippen LogP contribution in [0.25, 0.3) is 0 Å². The zero-order chi connectivity index (χ0) is 8.27. The van der Waals surface area contributed by atoms with E-state index in [1.165, 1.54) is 25.4 Å². The van der Waals surface area contributed by atoms with Crippen LogP contribution in [0.15, 0.2) is 24.3 Å². The second kappa shape index (κ2) is 3.14. The van der Waals surface area contributed by atoms with Gasteiger partial charge in [-0.1, -0.05) is 6.07 Å². The van der Waals surface area contributed by atoms with Crippen LogP contribution in [0.3, 0.4) is 0 Å². The molecular weight excluding hydrogens is 145 g/mol. The topological polar surface area (TPSA) is 26.1 Å². The molecule has 0 N–H and O–H groups in total. The van der Waals surface area contributed by atoms with Crippen LogP contribution in [0, 0.1) is 11.0 Å². The smallest absolute Gasteiger partial charge is 0.181 e. The van der Waals surface area contributed by atoms with Crippen molar-refractivity contribution in [2.24, 2.45) is 0 Å². The highest BCUT2D eigenvalue weighted by atomic mass is 19.1. The number of halogens is 1. The lowest BCUT2D eigenvalue weighted by Gasteiger charge is -1.94. The Kier molecular flexibility index (Phi) is 2.21. The summed E-state index contributed by atoms with van der Waals surface area (Å²) in [5.74, 6) is -0.333. The van der Waals surface area contributed by atoms with Gasteiger partial charge in [0.25, 0.3) is 0 Å². The van der Waals surface area contributed by atoms with Crippen molar-refractivity contribution in [1.29, 1.82) is 0 Å². The summed E-state index contributed by atoms with van der Waals surface area (Å²) in [7, 11) is 1.35. The Morgan fingerprint density at radius 3 is 2.82 bits per heavy atom. The van der Waals surface area contributed by atoms with Crippen LogP contribution in [0.2, 0.25) is 0 Å². The Bertz CT molecular complexity index is 279. The number of hydrogen-bond acceptors (Lipinski definition) is 1. The van der Waals surface area contributed by atoms with Gasteiger partial charge in [0.2, 0.25) is 0 Å². The molecule has 1 aromatic carbocycles. The first-order valence-electron chi connectivity index (χ1n) is 3.19. The van der Waals surface area contributed by atoms with Gasteiger partial charge < -0.3 is 5.21 Å². The zero-order valence-corrected chi connectivity index (χ0v) is 6.12. The van der Waals surface area contributed by atoms with Crippen LogP contribution in [-0.2, 0) is 0 Å². The quantitative estimate of drug-likeness (QED) is 0.259. The summed E-state index contributed by atoms with van der Waals surface area (Å²) in [6, 6.07) is 5.86. The minimum absolute atomic E-state index is 0.333. The number of nitrogens with zero attached hydrogens (tertiary/aromatic N) is 1. The van der Waals surface area contributed by atoms with E-state index in [9.17, 15) is 9.60 Å². The van der Waals surface area contributed by atoms with E-state index < -0.39 is 0 Å². The molecule has 11 heavy (non-hydrogen) atoms. The van der Waals surface area contributed by atoms with Gasteiger partial charge >= 0.3 is 0 Å². The fourth-order valence-corrected chi connectivity index (χ4v) is 0.797. The van der Waals surface area contributed by atoms with E-state index in [0.29, 0.717) is 10.3 Å². The van der Waals surface area contributed by atoms with Gasteiger partial charge in [-0.15, -0.1) is 0 Å². The molecule has 0 amide bonds. The highest BCUT2D eigenvalue weighted by molar-refractivity contribution is 5.75. The summed E-state index contributed by atoms with van der Waals surface area (Å²) in [5.41, 5.74) is 0.572. The number of hydroxylamine groups is 1. The Morgan fingerprint density at radius 2 is 2.27 bits per heavy atom. The van der Waals surface area contributed by atoms with Crippen LogP contribution in [-0.4, -0.2) is 18.0 Å². The van der Waals surface area contributed by atoms with E-state index in [2.05, 4.69) is 0 Å². The van der Waals surface area contributed by atoms with Crippen LogP contribution < -0.4 is 0 Å². The van der Waals surface area contributed by atoms with Gasteiger partial charge in [-0.3, -0.25) is 0 Å². The lowest BCUT2D eigenvalue weighted by molar-refractivity contribution is -0.416. The number of benzene rings is 1. The van der Waals surface area contributed by atoms with Gasteiger partial charge in [-0.05, 0) is 18.2 Å². The van der Waals surface area contributed by atoms with Gasteiger partial charge in [-0.2, -0.15) is 0 Å². The van der Waals surface area contributed by atoms with Crippen LogP contribution in [0.1, 0.15) is 5.56 Å². The molecule has 1 rings (SSSR count). The van der Waals surface area contributed by atoms with Gasteiger partial charge in [0.05, 0.1) is 0 Å². The standard InChI is InChI=1S/C8H8FNO/c1-10(11)6-7-3-2-4-8(9)5-7/h2-6H,1H3/b10-6-. The van der Waals surface area contributed by atoms with Crippen molar-refractivity contribution in [2.45, 2.75) is 0 Å². The van der Waals surface area contributed by atoms with Crippen molar-refractivity contribution in [3.05, 3.63) is 40.9 Å². The van der Waals surface area contributed by atoms with Crippen LogP contribution >= 0.6 is 0 Å². The number of hydrogen-bond donors (Lipinski definition) is 0. The molecule has 0 aliphatic rings. The zero-order valence-electron chi connectivity index (χ0n) is 6.12. The van der Waals surface area contributed by atoms with E-state index in [0.717, 1.165) is 0 Å². The normalized spacial score (nSPS) is 11.6. The molecule has 0 fully saturated rings. The first-order chi connectivity index (χ1) is 5.18. The highest BCUT2D eigenvalue weighted by Gasteiger charge is 1.93. The molecular formula is C8H8FNO. The minimum Gasteiger partial charge on any atom is -0.624 e. The van der Waals surface area contributed by atoms with E-state index in [1.54, 1.807) is 12.1 Å². The number of rotatable bonds is 1. The lowest BCUT2D eigenvalue weighted by Crippen LogP contribution is -1.97.